The molecule has 7 nitrogen and oxygen atoms in total. The predicted molar refractivity (Wildman–Crippen MR) is 68.0 cm³/mol. The Bertz CT molecular complexity index is 380. The molecule has 0 amide bonds. The summed E-state index contributed by atoms with van der Waals surface area (Å²) in [5, 5.41) is 18.9. The molecule has 2 aliphatic heterocycles. The quantitative estimate of drug-likeness (QED) is 0.334. The number of carboxylic acids is 2. The molecule has 2 rings (SSSR count). The van der Waals surface area contributed by atoms with E-state index in [-0.39, 0.29) is 0 Å². The van der Waals surface area contributed by atoms with Crippen LogP contribution >= 0.6 is 0 Å². The van der Waals surface area contributed by atoms with E-state index in [9.17, 15) is 0 Å². The van der Waals surface area contributed by atoms with Crippen LogP contribution in [0.15, 0.2) is 17.3 Å². The van der Waals surface area contributed by atoms with Crippen molar-refractivity contribution in [1.29, 1.82) is 0 Å². The number of carbonyl (C=O) groups is 2. The van der Waals surface area contributed by atoms with E-state index in [2.05, 4.69) is 10.1 Å². The van der Waals surface area contributed by atoms with Gasteiger partial charge in [-0.15, -0.1) is 0 Å². The van der Waals surface area contributed by atoms with Gasteiger partial charge in [-0.05, 0) is 26.0 Å². The second kappa shape index (κ2) is 7.52. The van der Waals surface area contributed by atoms with Crippen molar-refractivity contribution in [3.8, 4) is 0 Å². The van der Waals surface area contributed by atoms with Crippen molar-refractivity contribution in [3.63, 3.8) is 0 Å². The van der Waals surface area contributed by atoms with E-state index < -0.39 is 11.9 Å². The monoisotopic (exact) mass is 270 g/mol. The molecule has 2 unspecified atom stereocenters. The summed E-state index contributed by atoms with van der Waals surface area (Å²) < 4.78 is 0. The summed E-state index contributed by atoms with van der Waals surface area (Å²) in [4.78, 5) is 25.8. The lowest BCUT2D eigenvalue weighted by atomic mass is 10.0. The molecule has 0 spiro atoms. The van der Waals surface area contributed by atoms with E-state index in [1.165, 1.54) is 25.2 Å². The van der Waals surface area contributed by atoms with Crippen LogP contribution in [0.1, 0.15) is 13.3 Å². The van der Waals surface area contributed by atoms with Crippen molar-refractivity contribution in [3.05, 3.63) is 12.2 Å². The largest absolute Gasteiger partial charge is 0.473 e. The molecule has 19 heavy (non-hydrogen) atoms. The van der Waals surface area contributed by atoms with Gasteiger partial charge in [0.25, 0.3) is 0 Å². The van der Waals surface area contributed by atoms with Gasteiger partial charge in [-0.1, -0.05) is 11.2 Å². The van der Waals surface area contributed by atoms with E-state index in [0.29, 0.717) is 12.5 Å². The molecular formula is C12H18N2O5. The summed E-state index contributed by atoms with van der Waals surface area (Å²) in [6.45, 7) is 6.07. The van der Waals surface area contributed by atoms with Gasteiger partial charge in [0.1, 0.15) is 6.61 Å². The zero-order chi connectivity index (χ0) is 14.3. The van der Waals surface area contributed by atoms with Crippen LogP contribution < -0.4 is 0 Å². The van der Waals surface area contributed by atoms with E-state index in [0.717, 1.165) is 6.54 Å². The summed E-state index contributed by atoms with van der Waals surface area (Å²) in [6.07, 6.45) is 5.22. The zero-order valence-corrected chi connectivity index (χ0v) is 10.8. The third-order valence-corrected chi connectivity index (χ3v) is 2.90. The molecule has 0 aromatic heterocycles. The molecule has 2 bridgehead atoms. The lowest BCUT2D eigenvalue weighted by molar-refractivity contribution is -0.159. The van der Waals surface area contributed by atoms with E-state index in [4.69, 9.17) is 24.6 Å². The molecule has 2 fully saturated rings. The molecule has 2 N–H and O–H groups in total. The number of allylic oxidation sites excluding steroid dienone is 1. The first-order chi connectivity index (χ1) is 9.04. The molecule has 106 valence electrons. The Balaban J connectivity index is 0.000000258. The Morgan fingerprint density at radius 2 is 2.16 bits per heavy atom. The van der Waals surface area contributed by atoms with Crippen molar-refractivity contribution in [1.82, 2.24) is 4.90 Å². The average molecular weight is 270 g/mol. The fourth-order valence-corrected chi connectivity index (χ4v) is 1.97. The van der Waals surface area contributed by atoms with Crippen molar-refractivity contribution >= 4 is 17.7 Å². The Labute approximate surface area is 111 Å². The summed E-state index contributed by atoms with van der Waals surface area (Å²) >= 11 is 0. The van der Waals surface area contributed by atoms with Gasteiger partial charge >= 0.3 is 11.9 Å². The Morgan fingerprint density at radius 1 is 1.47 bits per heavy atom. The lowest BCUT2D eigenvalue weighted by Gasteiger charge is -2.12. The Kier molecular flexibility index (Phi) is 6.01. The average Bonchev–Trinajstić information content (AvgIpc) is 2.97. The molecule has 0 aliphatic carbocycles. The highest BCUT2D eigenvalue weighted by atomic mass is 16.6. The highest BCUT2D eigenvalue weighted by Gasteiger charge is 2.35. The second-order valence-corrected chi connectivity index (χ2v) is 4.28. The van der Waals surface area contributed by atoms with Gasteiger partial charge in [0.05, 0.1) is 5.71 Å². The molecule has 2 atom stereocenters. The normalized spacial score (nSPS) is 26.3. The number of carboxylic acid groups (broad SMARTS) is 2. The number of aliphatic carboxylic acids is 2. The zero-order valence-electron chi connectivity index (χ0n) is 10.8. The fourth-order valence-electron chi connectivity index (χ4n) is 1.97. The molecule has 0 radical (unpaired) electrons. The second-order valence-electron chi connectivity index (χ2n) is 4.28. The maximum Gasteiger partial charge on any atom is 0.414 e. The van der Waals surface area contributed by atoms with Crippen LogP contribution in [-0.4, -0.2) is 59.0 Å². The fraction of sp³-hybridized carbons (Fsp3) is 0.583. The van der Waals surface area contributed by atoms with Crippen molar-refractivity contribution in [2.24, 2.45) is 11.1 Å². The van der Waals surface area contributed by atoms with Crippen molar-refractivity contribution in [2.75, 3.05) is 26.2 Å². The number of hydrogen-bond acceptors (Lipinski definition) is 5. The smallest absolute Gasteiger partial charge is 0.414 e. The van der Waals surface area contributed by atoms with Crippen LogP contribution in [0.25, 0.3) is 0 Å². The number of nitrogens with zero attached hydrogens (tertiary/aromatic N) is 2. The number of fused-ring (bicyclic) bond motifs is 2. The summed E-state index contributed by atoms with van der Waals surface area (Å²) in [6, 6.07) is 0. The summed E-state index contributed by atoms with van der Waals surface area (Å²) in [5.41, 5.74) is 1.25. The summed E-state index contributed by atoms with van der Waals surface area (Å²) in [5.74, 6) is -2.96. The highest BCUT2D eigenvalue weighted by molar-refractivity contribution is 6.27. The van der Waals surface area contributed by atoms with Gasteiger partial charge in [0, 0.05) is 19.0 Å². The standard InChI is InChI=1S/C10H16N2O.C2H2O4/c1-2-3-6-13-11-10-8-12-5-4-9(10)7-12;3-1(4)2(5)6/h2-3,9H,4-8H2,1H3;(H,3,4)(H,5,6)/b3-2-,11-10?;. The minimum absolute atomic E-state index is 0.604. The maximum atomic E-state index is 9.10. The van der Waals surface area contributed by atoms with Crippen LogP contribution in [0, 0.1) is 5.92 Å². The molecule has 0 saturated carbocycles. The topological polar surface area (TPSA) is 99.4 Å². The molecular weight excluding hydrogens is 252 g/mol. The SMILES string of the molecule is C/C=C\CON=C1CN2CCC1C2.O=C(O)C(=O)O. The van der Waals surface area contributed by atoms with E-state index >= 15 is 0 Å². The molecule has 2 aliphatic rings. The first kappa shape index (κ1) is 15.2. The third kappa shape index (κ3) is 5.09. The predicted octanol–water partition coefficient (Wildman–Crippen LogP) is 0.426. The number of rotatable bonds is 3. The minimum atomic E-state index is -1.82. The first-order valence-electron chi connectivity index (χ1n) is 6.03. The van der Waals surface area contributed by atoms with Gasteiger partial charge in [0.15, 0.2) is 0 Å². The Morgan fingerprint density at radius 3 is 2.58 bits per heavy atom. The van der Waals surface area contributed by atoms with E-state index in [1.807, 2.05) is 19.1 Å². The van der Waals surface area contributed by atoms with Crippen LogP contribution in [0.5, 0.6) is 0 Å². The van der Waals surface area contributed by atoms with Crippen molar-refractivity contribution in [2.45, 2.75) is 13.3 Å². The van der Waals surface area contributed by atoms with Crippen LogP contribution in [0.3, 0.4) is 0 Å². The molecule has 0 aromatic carbocycles. The van der Waals surface area contributed by atoms with Gasteiger partial charge in [-0.25, -0.2) is 9.59 Å². The molecule has 0 aromatic rings. The number of oxime groups is 1. The van der Waals surface area contributed by atoms with Crippen LogP contribution in [0.2, 0.25) is 0 Å². The van der Waals surface area contributed by atoms with E-state index in [1.54, 1.807) is 0 Å². The van der Waals surface area contributed by atoms with Crippen molar-refractivity contribution < 1.29 is 24.6 Å². The minimum Gasteiger partial charge on any atom is -0.473 e. The van der Waals surface area contributed by atoms with Crippen LogP contribution in [0.4, 0.5) is 0 Å². The highest BCUT2D eigenvalue weighted by Crippen LogP contribution is 2.25. The first-order valence-corrected chi connectivity index (χ1v) is 6.03. The molecule has 7 heteroatoms. The maximum absolute atomic E-state index is 9.10. The van der Waals surface area contributed by atoms with Gasteiger partial charge in [-0.3, -0.25) is 4.90 Å². The Hall–Kier alpha value is -1.89. The molecule has 2 heterocycles. The summed E-state index contributed by atoms with van der Waals surface area (Å²) in [7, 11) is 0. The van der Waals surface area contributed by atoms with Gasteiger partial charge in [0.2, 0.25) is 0 Å². The van der Waals surface area contributed by atoms with Gasteiger partial charge < -0.3 is 15.1 Å². The van der Waals surface area contributed by atoms with Crippen LogP contribution in [-0.2, 0) is 14.4 Å². The number of hydrogen-bond donors (Lipinski definition) is 2. The third-order valence-electron chi connectivity index (χ3n) is 2.90. The number of piperidine rings is 1. The molecule has 2 saturated heterocycles. The van der Waals surface area contributed by atoms with Gasteiger partial charge in [-0.2, -0.15) is 0 Å². The lowest BCUT2D eigenvalue weighted by Crippen LogP contribution is -2.23.